The average molecular weight is 340 g/mol. The number of amides is 2. The SMILES string of the molecule is O=C(NCCCCCCNC(=O)OCC#CCO)OCC#CCO. The van der Waals surface area contributed by atoms with Crippen LogP contribution < -0.4 is 10.6 Å². The van der Waals surface area contributed by atoms with Crippen molar-refractivity contribution in [2.24, 2.45) is 0 Å². The predicted octanol–water partition coefficient (Wildman–Crippen LogP) is -0.00940. The van der Waals surface area contributed by atoms with Gasteiger partial charge in [-0.05, 0) is 12.8 Å². The first-order valence-corrected chi connectivity index (χ1v) is 7.65. The van der Waals surface area contributed by atoms with E-state index in [0.29, 0.717) is 13.1 Å². The van der Waals surface area contributed by atoms with Crippen molar-refractivity contribution in [1.82, 2.24) is 10.6 Å². The highest BCUT2D eigenvalue weighted by Crippen LogP contribution is 1.98. The van der Waals surface area contributed by atoms with Gasteiger partial charge in [-0.1, -0.05) is 36.5 Å². The standard InChI is InChI=1S/C16H24N2O6/c19-11-5-7-13-23-15(21)17-9-3-1-2-4-10-18-16(22)24-14-8-6-12-20/h19-20H,1-4,9-14H2,(H,17,21)(H,18,22). The highest BCUT2D eigenvalue weighted by Gasteiger charge is 2.00. The molecule has 134 valence electrons. The molecular formula is C16H24N2O6. The summed E-state index contributed by atoms with van der Waals surface area (Å²) in [6, 6.07) is 0. The van der Waals surface area contributed by atoms with Crippen LogP contribution in [0.1, 0.15) is 25.7 Å². The minimum absolute atomic E-state index is 0.0419. The van der Waals surface area contributed by atoms with Crippen molar-refractivity contribution >= 4 is 12.2 Å². The number of rotatable bonds is 9. The molecule has 0 aromatic rings. The van der Waals surface area contributed by atoms with E-state index in [1.165, 1.54) is 0 Å². The minimum Gasteiger partial charge on any atom is -0.436 e. The molecule has 0 aliphatic carbocycles. The van der Waals surface area contributed by atoms with Gasteiger partial charge in [0.1, 0.15) is 13.2 Å². The van der Waals surface area contributed by atoms with Gasteiger partial charge in [0.05, 0.1) is 0 Å². The molecule has 0 saturated heterocycles. The highest BCUT2D eigenvalue weighted by atomic mass is 16.6. The van der Waals surface area contributed by atoms with E-state index in [1.54, 1.807) is 0 Å². The smallest absolute Gasteiger partial charge is 0.408 e. The summed E-state index contributed by atoms with van der Waals surface area (Å²) in [4.78, 5) is 22.4. The maximum atomic E-state index is 11.2. The van der Waals surface area contributed by atoms with Gasteiger partial charge in [-0.2, -0.15) is 0 Å². The number of alkyl carbamates (subject to hydrolysis) is 2. The van der Waals surface area contributed by atoms with Crippen LogP contribution in [0.4, 0.5) is 9.59 Å². The van der Waals surface area contributed by atoms with Crippen LogP contribution in [-0.4, -0.2) is 61.9 Å². The molecule has 2 amide bonds. The Morgan fingerprint density at radius 2 is 1.12 bits per heavy atom. The Balaban J connectivity index is 3.35. The third kappa shape index (κ3) is 16.0. The van der Waals surface area contributed by atoms with Crippen LogP contribution in [0.15, 0.2) is 0 Å². The summed E-state index contributed by atoms with van der Waals surface area (Å²) in [6.45, 7) is 0.417. The van der Waals surface area contributed by atoms with Gasteiger partial charge in [0.25, 0.3) is 0 Å². The molecule has 0 rings (SSSR count). The van der Waals surface area contributed by atoms with E-state index in [2.05, 4.69) is 34.3 Å². The molecule has 0 radical (unpaired) electrons. The number of unbranched alkanes of at least 4 members (excludes halogenated alkanes) is 3. The molecule has 4 N–H and O–H groups in total. The van der Waals surface area contributed by atoms with Crippen molar-refractivity contribution in [2.75, 3.05) is 39.5 Å². The normalized spacial score (nSPS) is 8.92. The van der Waals surface area contributed by atoms with Crippen LogP contribution in [0, 0.1) is 23.7 Å². The molecule has 8 heteroatoms. The molecule has 0 atom stereocenters. The van der Waals surface area contributed by atoms with Crippen molar-refractivity contribution in [3.63, 3.8) is 0 Å². The Labute approximate surface area is 141 Å². The molecule has 0 aliphatic heterocycles. The van der Waals surface area contributed by atoms with Gasteiger partial charge in [0.2, 0.25) is 0 Å². The third-order valence-corrected chi connectivity index (χ3v) is 2.60. The molecule has 0 aliphatic rings. The van der Waals surface area contributed by atoms with Crippen LogP contribution in [-0.2, 0) is 9.47 Å². The molecule has 0 aromatic carbocycles. The first-order valence-electron chi connectivity index (χ1n) is 7.65. The van der Waals surface area contributed by atoms with Crippen molar-refractivity contribution in [2.45, 2.75) is 25.7 Å². The monoisotopic (exact) mass is 340 g/mol. The van der Waals surface area contributed by atoms with Crippen molar-refractivity contribution < 1.29 is 29.3 Å². The second kappa shape index (κ2) is 16.9. The minimum atomic E-state index is -0.532. The predicted molar refractivity (Wildman–Crippen MR) is 86.9 cm³/mol. The molecule has 24 heavy (non-hydrogen) atoms. The first kappa shape index (κ1) is 21.6. The van der Waals surface area contributed by atoms with E-state index in [0.717, 1.165) is 25.7 Å². The number of hydrogen-bond acceptors (Lipinski definition) is 6. The van der Waals surface area contributed by atoms with E-state index < -0.39 is 12.2 Å². The Bertz CT molecular complexity index is 428. The number of aliphatic hydroxyl groups is 2. The van der Waals surface area contributed by atoms with E-state index in [9.17, 15) is 9.59 Å². The second-order valence-corrected chi connectivity index (χ2v) is 4.44. The van der Waals surface area contributed by atoms with Gasteiger partial charge in [0, 0.05) is 13.1 Å². The molecule has 8 nitrogen and oxygen atoms in total. The molecule has 0 aromatic heterocycles. The largest absolute Gasteiger partial charge is 0.436 e. The molecular weight excluding hydrogens is 316 g/mol. The Morgan fingerprint density at radius 1 is 0.708 bits per heavy atom. The van der Waals surface area contributed by atoms with Gasteiger partial charge in [-0.15, -0.1) is 0 Å². The summed E-state index contributed by atoms with van der Waals surface area (Å²) < 4.78 is 9.49. The number of ether oxygens (including phenoxy) is 2. The van der Waals surface area contributed by atoms with E-state index in [4.69, 9.17) is 19.7 Å². The maximum absolute atomic E-state index is 11.2. The van der Waals surface area contributed by atoms with E-state index >= 15 is 0 Å². The third-order valence-electron chi connectivity index (χ3n) is 2.60. The van der Waals surface area contributed by atoms with Gasteiger partial charge >= 0.3 is 12.2 Å². The lowest BCUT2D eigenvalue weighted by molar-refractivity contribution is 0.158. The zero-order valence-electron chi connectivity index (χ0n) is 13.6. The summed E-state index contributed by atoms with van der Waals surface area (Å²) >= 11 is 0. The van der Waals surface area contributed by atoms with E-state index in [-0.39, 0.29) is 26.4 Å². The highest BCUT2D eigenvalue weighted by molar-refractivity contribution is 5.67. The molecule has 0 fully saturated rings. The number of carbonyl (C=O) groups is 2. The van der Waals surface area contributed by atoms with Gasteiger partial charge in [0.15, 0.2) is 13.2 Å². The Hall–Kier alpha value is -2.42. The lowest BCUT2D eigenvalue weighted by Crippen LogP contribution is -2.26. The summed E-state index contributed by atoms with van der Waals surface area (Å²) in [5.74, 6) is 9.68. The number of hydrogen-bond donors (Lipinski definition) is 4. The van der Waals surface area contributed by atoms with Crippen molar-refractivity contribution in [3.05, 3.63) is 0 Å². The Kier molecular flexibility index (Phi) is 15.2. The zero-order chi connectivity index (χ0) is 17.9. The van der Waals surface area contributed by atoms with Crippen LogP contribution in [0.3, 0.4) is 0 Å². The molecule has 0 spiro atoms. The number of aliphatic hydroxyl groups excluding tert-OH is 2. The van der Waals surface area contributed by atoms with Crippen LogP contribution in [0.2, 0.25) is 0 Å². The Morgan fingerprint density at radius 3 is 1.50 bits per heavy atom. The first-order chi connectivity index (χ1) is 11.7. The fourth-order valence-corrected chi connectivity index (χ4v) is 1.50. The lowest BCUT2D eigenvalue weighted by Gasteiger charge is -2.06. The molecule has 0 bridgehead atoms. The van der Waals surface area contributed by atoms with Crippen molar-refractivity contribution in [1.29, 1.82) is 0 Å². The second-order valence-electron chi connectivity index (χ2n) is 4.44. The van der Waals surface area contributed by atoms with Gasteiger partial charge in [-0.3, -0.25) is 0 Å². The van der Waals surface area contributed by atoms with Gasteiger partial charge in [-0.25, -0.2) is 9.59 Å². The van der Waals surface area contributed by atoms with E-state index in [1.807, 2.05) is 0 Å². The summed E-state index contributed by atoms with van der Waals surface area (Å²) in [6.07, 6.45) is 2.36. The van der Waals surface area contributed by atoms with Crippen molar-refractivity contribution in [3.8, 4) is 23.7 Å². The quantitative estimate of drug-likeness (QED) is 0.346. The van der Waals surface area contributed by atoms with Crippen LogP contribution in [0.25, 0.3) is 0 Å². The van der Waals surface area contributed by atoms with Crippen LogP contribution >= 0.6 is 0 Å². The molecule has 0 heterocycles. The topological polar surface area (TPSA) is 117 Å². The summed E-state index contributed by atoms with van der Waals surface area (Å²) in [5.41, 5.74) is 0. The zero-order valence-corrected chi connectivity index (χ0v) is 13.6. The number of nitrogens with one attached hydrogen (secondary N) is 2. The fourth-order valence-electron chi connectivity index (χ4n) is 1.50. The lowest BCUT2D eigenvalue weighted by atomic mass is 10.2. The molecule has 0 unspecified atom stereocenters. The average Bonchev–Trinajstić information content (AvgIpc) is 2.58. The maximum Gasteiger partial charge on any atom is 0.408 e. The number of carbonyl (C=O) groups excluding carboxylic acids is 2. The summed E-state index contributed by atoms with van der Waals surface area (Å²) in [7, 11) is 0. The summed E-state index contributed by atoms with van der Waals surface area (Å²) in [5, 5.41) is 22.0. The fraction of sp³-hybridized carbons (Fsp3) is 0.625. The van der Waals surface area contributed by atoms with Gasteiger partial charge < -0.3 is 30.3 Å². The van der Waals surface area contributed by atoms with Crippen LogP contribution in [0.5, 0.6) is 0 Å². The molecule has 0 saturated carbocycles.